The van der Waals surface area contributed by atoms with Gasteiger partial charge in [-0.1, -0.05) is 0 Å². The third-order valence-electron chi connectivity index (χ3n) is 3.34. The van der Waals surface area contributed by atoms with Crippen LogP contribution >= 0.6 is 0 Å². The molecule has 0 bridgehead atoms. The van der Waals surface area contributed by atoms with E-state index in [4.69, 9.17) is 9.47 Å². The highest BCUT2D eigenvalue weighted by atomic mass is 19.1. The van der Waals surface area contributed by atoms with E-state index in [9.17, 15) is 9.18 Å². The maximum absolute atomic E-state index is 13.4. The first-order chi connectivity index (χ1) is 9.60. The number of esters is 1. The molecule has 110 valence electrons. The molecule has 0 aliphatic carbocycles. The molecule has 0 amide bonds. The van der Waals surface area contributed by atoms with Crippen LogP contribution in [0.4, 0.5) is 10.1 Å². The van der Waals surface area contributed by atoms with Gasteiger partial charge in [0.1, 0.15) is 11.9 Å². The van der Waals surface area contributed by atoms with E-state index in [1.807, 2.05) is 13.0 Å². The first-order valence-corrected chi connectivity index (χ1v) is 6.88. The number of benzene rings is 1. The van der Waals surface area contributed by atoms with E-state index in [0.717, 1.165) is 12.0 Å². The third-order valence-corrected chi connectivity index (χ3v) is 3.34. The van der Waals surface area contributed by atoms with Gasteiger partial charge >= 0.3 is 5.97 Å². The number of carbonyl (C=O) groups excluding carboxylic acids is 1. The Labute approximate surface area is 118 Å². The number of rotatable bonds is 5. The summed E-state index contributed by atoms with van der Waals surface area (Å²) in [6.07, 6.45) is 0.796. The molecule has 20 heavy (non-hydrogen) atoms. The lowest BCUT2D eigenvalue weighted by Crippen LogP contribution is -2.38. The van der Waals surface area contributed by atoms with Crippen molar-refractivity contribution in [2.75, 3.05) is 25.1 Å². The lowest BCUT2D eigenvalue weighted by Gasteiger charge is -2.23. The summed E-state index contributed by atoms with van der Waals surface area (Å²) in [4.78, 5) is 12.1. The maximum atomic E-state index is 13.4. The maximum Gasteiger partial charge on any atom is 0.328 e. The zero-order valence-electron chi connectivity index (χ0n) is 11.8. The van der Waals surface area contributed by atoms with E-state index in [-0.39, 0.29) is 17.7 Å². The minimum absolute atomic E-state index is 0.0534. The Morgan fingerprint density at radius 2 is 2.35 bits per heavy atom. The first-order valence-electron chi connectivity index (χ1n) is 6.88. The number of nitrogens with one attached hydrogen (secondary N) is 1. The Hall–Kier alpha value is -1.62. The molecular formula is C15H20FNO3. The molecule has 2 atom stereocenters. The summed E-state index contributed by atoms with van der Waals surface area (Å²) < 4.78 is 23.9. The number of anilines is 1. The SMILES string of the molecule is CCOC(=O)C(Nc1cc(C)cc(F)c1)C1CCOC1. The summed E-state index contributed by atoms with van der Waals surface area (Å²) in [5, 5.41) is 3.09. The number of aryl methyl sites for hydroxylation is 1. The highest BCUT2D eigenvalue weighted by Gasteiger charge is 2.32. The van der Waals surface area contributed by atoms with Gasteiger partial charge in [0.15, 0.2) is 0 Å². The van der Waals surface area contributed by atoms with Crippen LogP contribution in [0.3, 0.4) is 0 Å². The van der Waals surface area contributed by atoms with Gasteiger partial charge in [-0.05, 0) is 44.0 Å². The topological polar surface area (TPSA) is 47.6 Å². The second-order valence-corrected chi connectivity index (χ2v) is 5.01. The Balaban J connectivity index is 2.15. The number of halogens is 1. The van der Waals surface area contributed by atoms with Crippen LogP contribution in [-0.2, 0) is 14.3 Å². The molecule has 1 aliphatic rings. The molecule has 0 saturated carbocycles. The molecule has 0 aromatic heterocycles. The average molecular weight is 281 g/mol. The average Bonchev–Trinajstić information content (AvgIpc) is 2.88. The quantitative estimate of drug-likeness (QED) is 0.842. The van der Waals surface area contributed by atoms with Gasteiger partial charge in [0.25, 0.3) is 0 Å². The van der Waals surface area contributed by atoms with Crippen molar-refractivity contribution < 1.29 is 18.7 Å². The molecule has 1 N–H and O–H groups in total. The molecule has 2 rings (SSSR count). The van der Waals surface area contributed by atoms with E-state index in [1.54, 1.807) is 6.92 Å². The molecular weight excluding hydrogens is 261 g/mol. The fourth-order valence-corrected chi connectivity index (χ4v) is 2.42. The molecule has 4 nitrogen and oxygen atoms in total. The lowest BCUT2D eigenvalue weighted by atomic mass is 9.98. The van der Waals surface area contributed by atoms with Gasteiger partial charge in [0.2, 0.25) is 0 Å². The van der Waals surface area contributed by atoms with Crippen molar-refractivity contribution in [3.63, 3.8) is 0 Å². The molecule has 1 aliphatic heterocycles. The summed E-state index contributed by atoms with van der Waals surface area (Å²) in [5.74, 6) is -0.583. The molecule has 1 heterocycles. The standard InChI is InChI=1S/C15H20FNO3/c1-3-20-15(18)14(11-4-5-19-9-11)17-13-7-10(2)6-12(16)8-13/h6-8,11,14,17H,3-5,9H2,1-2H3. The van der Waals surface area contributed by atoms with E-state index in [0.29, 0.717) is 25.5 Å². The van der Waals surface area contributed by atoms with Gasteiger partial charge in [0.05, 0.1) is 13.2 Å². The van der Waals surface area contributed by atoms with Gasteiger partial charge in [-0.15, -0.1) is 0 Å². The largest absolute Gasteiger partial charge is 0.464 e. The minimum Gasteiger partial charge on any atom is -0.464 e. The van der Waals surface area contributed by atoms with Crippen molar-refractivity contribution >= 4 is 11.7 Å². The smallest absolute Gasteiger partial charge is 0.328 e. The third kappa shape index (κ3) is 3.70. The van der Waals surface area contributed by atoms with Crippen LogP contribution in [0, 0.1) is 18.7 Å². The van der Waals surface area contributed by atoms with Crippen LogP contribution in [0.25, 0.3) is 0 Å². The van der Waals surface area contributed by atoms with Gasteiger partial charge in [-0.2, -0.15) is 0 Å². The van der Waals surface area contributed by atoms with Crippen molar-refractivity contribution in [1.29, 1.82) is 0 Å². The van der Waals surface area contributed by atoms with Crippen molar-refractivity contribution in [2.45, 2.75) is 26.3 Å². The van der Waals surface area contributed by atoms with Crippen molar-refractivity contribution in [2.24, 2.45) is 5.92 Å². The molecule has 2 unspecified atom stereocenters. The van der Waals surface area contributed by atoms with E-state index in [1.165, 1.54) is 12.1 Å². The zero-order valence-corrected chi connectivity index (χ0v) is 11.8. The van der Waals surface area contributed by atoms with Crippen molar-refractivity contribution in [3.05, 3.63) is 29.6 Å². The summed E-state index contributed by atoms with van der Waals surface area (Å²) in [6, 6.07) is 4.14. The monoisotopic (exact) mass is 281 g/mol. The number of carbonyl (C=O) groups is 1. The zero-order chi connectivity index (χ0) is 14.5. The molecule has 0 spiro atoms. The first kappa shape index (κ1) is 14.8. The predicted octanol–water partition coefficient (Wildman–Crippen LogP) is 2.51. The Morgan fingerprint density at radius 3 is 2.95 bits per heavy atom. The highest BCUT2D eigenvalue weighted by Crippen LogP contribution is 2.23. The molecule has 1 aromatic carbocycles. The van der Waals surface area contributed by atoms with Crippen LogP contribution in [0.2, 0.25) is 0 Å². The second-order valence-electron chi connectivity index (χ2n) is 5.01. The molecule has 1 saturated heterocycles. The highest BCUT2D eigenvalue weighted by molar-refractivity contribution is 5.79. The van der Waals surface area contributed by atoms with E-state index < -0.39 is 6.04 Å². The normalized spacial score (nSPS) is 19.6. The fourth-order valence-electron chi connectivity index (χ4n) is 2.42. The van der Waals surface area contributed by atoms with Crippen molar-refractivity contribution in [3.8, 4) is 0 Å². The van der Waals surface area contributed by atoms with Gasteiger partial charge < -0.3 is 14.8 Å². The van der Waals surface area contributed by atoms with Crippen LogP contribution < -0.4 is 5.32 Å². The lowest BCUT2D eigenvalue weighted by molar-refractivity contribution is -0.145. The van der Waals surface area contributed by atoms with Gasteiger partial charge in [0, 0.05) is 18.2 Å². The summed E-state index contributed by atoms with van der Waals surface area (Å²) in [7, 11) is 0. The Bertz CT molecular complexity index is 452. The van der Waals surface area contributed by atoms with Gasteiger partial charge in [-0.25, -0.2) is 9.18 Å². The van der Waals surface area contributed by atoms with E-state index in [2.05, 4.69) is 5.32 Å². The van der Waals surface area contributed by atoms with Crippen LogP contribution in [0.15, 0.2) is 18.2 Å². The predicted molar refractivity (Wildman–Crippen MR) is 74.1 cm³/mol. The van der Waals surface area contributed by atoms with Crippen molar-refractivity contribution in [1.82, 2.24) is 0 Å². The number of ether oxygens (including phenoxy) is 2. The van der Waals surface area contributed by atoms with Crippen LogP contribution in [0.5, 0.6) is 0 Å². The van der Waals surface area contributed by atoms with Crippen LogP contribution in [-0.4, -0.2) is 31.8 Å². The number of hydrogen-bond acceptors (Lipinski definition) is 4. The second kappa shape index (κ2) is 6.70. The summed E-state index contributed by atoms with van der Waals surface area (Å²) >= 11 is 0. The fraction of sp³-hybridized carbons (Fsp3) is 0.533. The summed E-state index contributed by atoms with van der Waals surface area (Å²) in [6.45, 7) is 5.07. The molecule has 1 fully saturated rings. The number of hydrogen-bond donors (Lipinski definition) is 1. The molecule has 0 radical (unpaired) electrons. The summed E-state index contributed by atoms with van der Waals surface area (Å²) in [5.41, 5.74) is 1.39. The van der Waals surface area contributed by atoms with Gasteiger partial charge in [-0.3, -0.25) is 0 Å². The van der Waals surface area contributed by atoms with Crippen LogP contribution in [0.1, 0.15) is 18.9 Å². The Kier molecular flexibility index (Phi) is 4.95. The Morgan fingerprint density at radius 1 is 1.55 bits per heavy atom. The van der Waals surface area contributed by atoms with E-state index >= 15 is 0 Å². The molecule has 1 aromatic rings. The molecule has 5 heteroatoms. The minimum atomic E-state index is -0.501.